The molecule has 1 aliphatic carbocycles. The topological polar surface area (TPSA) is 0 Å². The molecule has 0 heterocycles. The molecular weight excluding hydrogens is 211 g/mol. The van der Waals surface area contributed by atoms with Crippen molar-refractivity contribution in [2.75, 3.05) is 0 Å². The van der Waals surface area contributed by atoms with Gasteiger partial charge in [0.05, 0.1) is 0 Å². The van der Waals surface area contributed by atoms with Gasteiger partial charge in [0.25, 0.3) is 0 Å². The Morgan fingerprint density at radius 1 is 0.882 bits per heavy atom. The van der Waals surface area contributed by atoms with Gasteiger partial charge in [0.2, 0.25) is 0 Å². The highest BCUT2D eigenvalue weighted by atomic mass is 19.1. The first kappa shape index (κ1) is 10.3. The highest BCUT2D eigenvalue weighted by Gasteiger charge is 2.16. The number of hydrogen-bond donors (Lipinski definition) is 0. The molecule has 0 spiro atoms. The number of halogens is 1. The van der Waals surface area contributed by atoms with E-state index in [0.29, 0.717) is 0 Å². The number of rotatable bonds is 0. The quantitative estimate of drug-likeness (QED) is 0.634. The van der Waals surface area contributed by atoms with Crippen molar-refractivity contribution in [2.45, 2.75) is 12.8 Å². The molecule has 0 fully saturated rings. The molecule has 84 valence electrons. The lowest BCUT2D eigenvalue weighted by Gasteiger charge is -2.09. The Morgan fingerprint density at radius 3 is 2.41 bits per heavy atom. The van der Waals surface area contributed by atoms with E-state index in [2.05, 4.69) is 18.7 Å². The molecule has 0 unspecified atom stereocenters. The second-order valence-electron chi connectivity index (χ2n) is 4.44. The van der Waals surface area contributed by atoms with Crippen molar-refractivity contribution in [1.29, 1.82) is 0 Å². The van der Waals surface area contributed by atoms with Gasteiger partial charge in [-0.15, -0.1) is 0 Å². The monoisotopic (exact) mass is 224 g/mol. The van der Waals surface area contributed by atoms with Crippen LogP contribution in [-0.4, -0.2) is 0 Å². The van der Waals surface area contributed by atoms with Crippen molar-refractivity contribution in [3.8, 4) is 0 Å². The van der Waals surface area contributed by atoms with Crippen LogP contribution in [0.1, 0.15) is 22.3 Å². The Labute approximate surface area is 100 Å². The zero-order valence-corrected chi connectivity index (χ0v) is 9.54. The summed E-state index contributed by atoms with van der Waals surface area (Å²) >= 11 is 0. The van der Waals surface area contributed by atoms with E-state index in [1.807, 2.05) is 18.2 Å². The minimum Gasteiger partial charge on any atom is -0.207 e. The summed E-state index contributed by atoms with van der Waals surface area (Å²) in [5, 5.41) is 0. The highest BCUT2D eigenvalue weighted by Crippen LogP contribution is 2.32. The van der Waals surface area contributed by atoms with Crippen LogP contribution in [0.15, 0.2) is 49.0 Å². The van der Waals surface area contributed by atoms with Crippen LogP contribution in [0.25, 0.3) is 5.57 Å². The van der Waals surface area contributed by atoms with E-state index in [9.17, 15) is 4.39 Å². The average Bonchev–Trinajstić information content (AvgIpc) is 2.49. The van der Waals surface area contributed by atoms with Crippen LogP contribution in [0.3, 0.4) is 0 Å². The van der Waals surface area contributed by atoms with E-state index >= 15 is 0 Å². The van der Waals surface area contributed by atoms with E-state index in [4.69, 9.17) is 0 Å². The molecule has 3 rings (SSSR count). The Bertz CT molecular complexity index is 596. The molecule has 0 aromatic heterocycles. The molecule has 0 nitrogen and oxygen atoms in total. The third-order valence-corrected chi connectivity index (χ3v) is 3.40. The summed E-state index contributed by atoms with van der Waals surface area (Å²) in [6, 6.07) is 13.3. The summed E-state index contributed by atoms with van der Waals surface area (Å²) in [5.74, 6) is -0.190. The Balaban J connectivity index is 2.22. The van der Waals surface area contributed by atoms with Gasteiger partial charge in [-0.1, -0.05) is 36.9 Å². The molecule has 0 aliphatic heterocycles. The molecule has 2 aromatic carbocycles. The molecule has 0 radical (unpaired) electrons. The van der Waals surface area contributed by atoms with Crippen molar-refractivity contribution in [3.63, 3.8) is 0 Å². The molecule has 1 aliphatic rings. The van der Waals surface area contributed by atoms with Crippen LogP contribution < -0.4 is 0 Å². The zero-order chi connectivity index (χ0) is 11.8. The van der Waals surface area contributed by atoms with Crippen LogP contribution in [-0.2, 0) is 12.8 Å². The summed E-state index contributed by atoms with van der Waals surface area (Å²) in [7, 11) is 0. The van der Waals surface area contributed by atoms with Gasteiger partial charge in [-0.05, 0) is 52.8 Å². The summed E-state index contributed by atoms with van der Waals surface area (Å²) in [6.07, 6.45) is 1.94. The Kier molecular flexibility index (Phi) is 2.32. The molecule has 2 aromatic rings. The molecule has 1 heteroatoms. The SMILES string of the molecule is C=C1c2ccccc2CCc2ccc(F)cc21. The summed E-state index contributed by atoms with van der Waals surface area (Å²) < 4.78 is 13.3. The van der Waals surface area contributed by atoms with Crippen LogP contribution >= 0.6 is 0 Å². The van der Waals surface area contributed by atoms with Crippen molar-refractivity contribution < 1.29 is 4.39 Å². The second-order valence-corrected chi connectivity index (χ2v) is 4.44. The summed E-state index contributed by atoms with van der Waals surface area (Å²) in [6.45, 7) is 4.13. The third-order valence-electron chi connectivity index (χ3n) is 3.40. The Hall–Kier alpha value is -1.89. The zero-order valence-electron chi connectivity index (χ0n) is 9.54. The fourth-order valence-corrected chi connectivity index (χ4v) is 2.49. The highest BCUT2D eigenvalue weighted by molar-refractivity contribution is 5.82. The van der Waals surface area contributed by atoms with E-state index < -0.39 is 0 Å². The van der Waals surface area contributed by atoms with Crippen molar-refractivity contribution in [1.82, 2.24) is 0 Å². The average molecular weight is 224 g/mol. The Morgan fingerprint density at radius 2 is 1.59 bits per heavy atom. The number of benzene rings is 2. The lowest BCUT2D eigenvalue weighted by Crippen LogP contribution is -1.92. The van der Waals surface area contributed by atoms with Crippen molar-refractivity contribution in [3.05, 3.63) is 77.1 Å². The van der Waals surface area contributed by atoms with Crippen molar-refractivity contribution in [2.24, 2.45) is 0 Å². The van der Waals surface area contributed by atoms with Crippen LogP contribution in [0.4, 0.5) is 4.39 Å². The van der Waals surface area contributed by atoms with Gasteiger partial charge in [0.15, 0.2) is 0 Å². The van der Waals surface area contributed by atoms with Gasteiger partial charge >= 0.3 is 0 Å². The first-order valence-corrected chi connectivity index (χ1v) is 5.82. The summed E-state index contributed by atoms with van der Waals surface area (Å²) in [5.41, 5.74) is 5.53. The molecular formula is C16H13F. The second kappa shape index (κ2) is 3.85. The molecule has 0 bridgehead atoms. The predicted molar refractivity (Wildman–Crippen MR) is 68.4 cm³/mol. The van der Waals surface area contributed by atoms with E-state index in [0.717, 1.165) is 29.5 Å². The predicted octanol–water partition coefficient (Wildman–Crippen LogP) is 3.99. The fourth-order valence-electron chi connectivity index (χ4n) is 2.49. The van der Waals surface area contributed by atoms with Crippen LogP contribution in [0, 0.1) is 5.82 Å². The number of aryl methyl sites for hydroxylation is 2. The molecule has 0 N–H and O–H groups in total. The smallest absolute Gasteiger partial charge is 0.123 e. The van der Waals surface area contributed by atoms with Crippen molar-refractivity contribution >= 4 is 5.57 Å². The molecule has 0 amide bonds. The van der Waals surface area contributed by atoms with Crippen LogP contribution in [0.2, 0.25) is 0 Å². The van der Waals surface area contributed by atoms with Gasteiger partial charge in [0.1, 0.15) is 5.82 Å². The molecule has 0 saturated carbocycles. The lowest BCUT2D eigenvalue weighted by molar-refractivity contribution is 0.626. The standard InChI is InChI=1S/C16H13F/c1-11-15-5-3-2-4-12(15)6-7-13-8-9-14(17)10-16(11)13/h2-5,8-10H,1,6-7H2. The summed E-state index contributed by atoms with van der Waals surface area (Å²) in [4.78, 5) is 0. The van der Waals surface area contributed by atoms with E-state index in [1.54, 1.807) is 6.07 Å². The largest absolute Gasteiger partial charge is 0.207 e. The normalized spacial score (nSPS) is 13.8. The minimum absolute atomic E-state index is 0.190. The first-order valence-electron chi connectivity index (χ1n) is 5.82. The first-order chi connectivity index (χ1) is 8.25. The van der Waals surface area contributed by atoms with Gasteiger partial charge < -0.3 is 0 Å². The fraction of sp³-hybridized carbons (Fsp3) is 0.125. The van der Waals surface area contributed by atoms with E-state index in [1.165, 1.54) is 17.2 Å². The van der Waals surface area contributed by atoms with Gasteiger partial charge in [-0.25, -0.2) is 4.39 Å². The maximum absolute atomic E-state index is 13.3. The molecule has 0 saturated heterocycles. The van der Waals surface area contributed by atoms with Crippen LogP contribution in [0.5, 0.6) is 0 Å². The third kappa shape index (κ3) is 1.68. The number of fused-ring (bicyclic) bond motifs is 2. The lowest BCUT2D eigenvalue weighted by atomic mass is 9.95. The molecule has 0 atom stereocenters. The van der Waals surface area contributed by atoms with Gasteiger partial charge in [0, 0.05) is 0 Å². The van der Waals surface area contributed by atoms with Gasteiger partial charge in [-0.2, -0.15) is 0 Å². The minimum atomic E-state index is -0.190. The maximum Gasteiger partial charge on any atom is 0.123 e. The van der Waals surface area contributed by atoms with Gasteiger partial charge in [-0.3, -0.25) is 0 Å². The maximum atomic E-state index is 13.3. The number of hydrogen-bond acceptors (Lipinski definition) is 0. The van der Waals surface area contributed by atoms with E-state index in [-0.39, 0.29) is 5.82 Å². The molecule has 17 heavy (non-hydrogen) atoms.